The van der Waals surface area contributed by atoms with Crippen molar-refractivity contribution < 1.29 is 9.53 Å². The summed E-state index contributed by atoms with van der Waals surface area (Å²) in [7, 11) is 0. The lowest BCUT2D eigenvalue weighted by atomic mass is 10.3. The Bertz CT molecular complexity index is 198. The maximum atomic E-state index is 11.6. The average Bonchev–Trinajstić information content (AvgIpc) is 2.00. The summed E-state index contributed by atoms with van der Waals surface area (Å²) in [5.74, 6) is 0. The van der Waals surface area contributed by atoms with Crippen LogP contribution in [-0.4, -0.2) is 40.7 Å². The zero-order valence-electron chi connectivity index (χ0n) is 9.32. The average molecular weight is 217 g/mol. The monoisotopic (exact) mass is 217 g/mol. The van der Waals surface area contributed by atoms with Crippen LogP contribution in [0.1, 0.15) is 27.7 Å². The van der Waals surface area contributed by atoms with E-state index in [1.54, 1.807) is 0 Å². The molecule has 0 bridgehead atoms. The van der Waals surface area contributed by atoms with E-state index in [4.69, 9.17) is 4.74 Å². The Balaban J connectivity index is 2.46. The molecule has 1 fully saturated rings. The van der Waals surface area contributed by atoms with Gasteiger partial charge in [0.25, 0.3) is 0 Å². The lowest BCUT2D eigenvalue weighted by molar-refractivity contribution is 0.0763. The van der Waals surface area contributed by atoms with E-state index in [0.29, 0.717) is 10.5 Å². The highest BCUT2D eigenvalue weighted by atomic mass is 32.2. The molecule has 0 spiro atoms. The third kappa shape index (κ3) is 3.40. The predicted molar refractivity (Wildman–Crippen MR) is 59.7 cm³/mol. The molecule has 0 aromatic heterocycles. The SMILES string of the molecule is CC(C)OC(=O)N1CC(C)SC(C)C1. The minimum absolute atomic E-state index is 0.0253. The molecule has 1 saturated heterocycles. The van der Waals surface area contributed by atoms with Crippen LogP contribution < -0.4 is 0 Å². The zero-order chi connectivity index (χ0) is 10.7. The molecule has 0 aromatic carbocycles. The van der Waals surface area contributed by atoms with Crippen molar-refractivity contribution in [1.29, 1.82) is 0 Å². The van der Waals surface area contributed by atoms with E-state index in [1.165, 1.54) is 0 Å². The molecule has 82 valence electrons. The standard InChI is InChI=1S/C10H19NO2S/c1-7(2)13-10(12)11-5-8(3)14-9(4)6-11/h7-9H,5-6H2,1-4H3. The molecule has 0 N–H and O–H groups in total. The molecule has 2 atom stereocenters. The second kappa shape index (κ2) is 4.91. The quantitative estimate of drug-likeness (QED) is 0.675. The number of hydrogen-bond donors (Lipinski definition) is 0. The lowest BCUT2D eigenvalue weighted by Gasteiger charge is -2.34. The first-order valence-corrected chi connectivity index (χ1v) is 6.04. The van der Waals surface area contributed by atoms with Crippen molar-refractivity contribution in [1.82, 2.24) is 4.90 Å². The second-order valence-corrected chi connectivity index (χ2v) is 5.98. The summed E-state index contributed by atoms with van der Waals surface area (Å²) in [4.78, 5) is 13.4. The molecule has 3 nitrogen and oxygen atoms in total. The Hall–Kier alpha value is -0.380. The molecule has 1 aliphatic heterocycles. The highest BCUT2D eigenvalue weighted by Crippen LogP contribution is 2.25. The van der Waals surface area contributed by atoms with Crippen molar-refractivity contribution in [3.05, 3.63) is 0 Å². The van der Waals surface area contributed by atoms with E-state index in [0.717, 1.165) is 13.1 Å². The van der Waals surface area contributed by atoms with Gasteiger partial charge in [0.2, 0.25) is 0 Å². The van der Waals surface area contributed by atoms with Crippen LogP contribution in [0.5, 0.6) is 0 Å². The van der Waals surface area contributed by atoms with Crippen LogP contribution in [0.4, 0.5) is 4.79 Å². The summed E-state index contributed by atoms with van der Waals surface area (Å²) in [6.07, 6.45) is -0.193. The Morgan fingerprint density at radius 1 is 1.36 bits per heavy atom. The van der Waals surface area contributed by atoms with Gasteiger partial charge in [-0.3, -0.25) is 0 Å². The minimum atomic E-state index is -0.168. The van der Waals surface area contributed by atoms with Crippen LogP contribution in [-0.2, 0) is 4.74 Å². The number of carbonyl (C=O) groups is 1. The Kier molecular flexibility index (Phi) is 4.11. The van der Waals surface area contributed by atoms with Crippen molar-refractivity contribution in [3.8, 4) is 0 Å². The van der Waals surface area contributed by atoms with Gasteiger partial charge in [0.05, 0.1) is 6.10 Å². The molecule has 0 aliphatic carbocycles. The van der Waals surface area contributed by atoms with Gasteiger partial charge in [0, 0.05) is 23.6 Å². The van der Waals surface area contributed by atoms with Crippen molar-refractivity contribution in [3.63, 3.8) is 0 Å². The smallest absolute Gasteiger partial charge is 0.410 e. The van der Waals surface area contributed by atoms with E-state index < -0.39 is 0 Å². The van der Waals surface area contributed by atoms with E-state index in [9.17, 15) is 4.79 Å². The van der Waals surface area contributed by atoms with Gasteiger partial charge in [-0.2, -0.15) is 11.8 Å². The summed E-state index contributed by atoms with van der Waals surface area (Å²) >= 11 is 1.93. The first kappa shape index (κ1) is 11.7. The minimum Gasteiger partial charge on any atom is -0.447 e. The number of carbonyl (C=O) groups excluding carboxylic acids is 1. The number of thioether (sulfide) groups is 1. The van der Waals surface area contributed by atoms with Crippen molar-refractivity contribution in [2.24, 2.45) is 0 Å². The summed E-state index contributed by atoms with van der Waals surface area (Å²) in [5.41, 5.74) is 0. The zero-order valence-corrected chi connectivity index (χ0v) is 10.1. The number of hydrogen-bond acceptors (Lipinski definition) is 3. The molecule has 2 unspecified atom stereocenters. The Labute approximate surface area is 90.2 Å². The normalized spacial score (nSPS) is 27.9. The molecule has 1 rings (SSSR count). The maximum absolute atomic E-state index is 11.6. The molecule has 1 amide bonds. The second-order valence-electron chi connectivity index (χ2n) is 4.09. The van der Waals surface area contributed by atoms with Gasteiger partial charge in [-0.15, -0.1) is 0 Å². The van der Waals surface area contributed by atoms with E-state index in [2.05, 4.69) is 13.8 Å². The topological polar surface area (TPSA) is 29.5 Å². The van der Waals surface area contributed by atoms with E-state index >= 15 is 0 Å². The third-order valence-electron chi connectivity index (χ3n) is 2.01. The maximum Gasteiger partial charge on any atom is 0.410 e. The fourth-order valence-corrected chi connectivity index (χ4v) is 2.93. The van der Waals surface area contributed by atoms with Crippen molar-refractivity contribution >= 4 is 17.9 Å². The van der Waals surface area contributed by atoms with E-state index in [-0.39, 0.29) is 12.2 Å². The van der Waals surface area contributed by atoms with E-state index in [1.807, 2.05) is 30.5 Å². The fraction of sp³-hybridized carbons (Fsp3) is 0.900. The fourth-order valence-electron chi connectivity index (χ4n) is 1.60. The van der Waals surface area contributed by atoms with Crippen LogP contribution in [0.25, 0.3) is 0 Å². The molecule has 0 saturated carbocycles. The highest BCUT2D eigenvalue weighted by Gasteiger charge is 2.26. The van der Waals surface area contributed by atoms with Gasteiger partial charge < -0.3 is 9.64 Å². The van der Waals surface area contributed by atoms with Crippen LogP contribution in [0, 0.1) is 0 Å². The van der Waals surface area contributed by atoms with Gasteiger partial charge in [-0.1, -0.05) is 13.8 Å². The first-order chi connectivity index (χ1) is 6.49. The summed E-state index contributed by atoms with van der Waals surface area (Å²) in [6.45, 7) is 9.67. The van der Waals surface area contributed by atoms with Crippen molar-refractivity contribution in [2.75, 3.05) is 13.1 Å². The Morgan fingerprint density at radius 2 is 1.86 bits per heavy atom. The molecular weight excluding hydrogens is 198 g/mol. The summed E-state index contributed by atoms with van der Waals surface area (Å²) in [6, 6.07) is 0. The molecule has 1 heterocycles. The number of ether oxygens (including phenoxy) is 1. The first-order valence-electron chi connectivity index (χ1n) is 5.10. The van der Waals surface area contributed by atoms with Gasteiger partial charge in [-0.25, -0.2) is 4.79 Å². The van der Waals surface area contributed by atoms with Crippen LogP contribution in [0.2, 0.25) is 0 Å². The number of amides is 1. The Morgan fingerprint density at radius 3 is 2.29 bits per heavy atom. The number of rotatable bonds is 1. The van der Waals surface area contributed by atoms with Crippen LogP contribution in [0.3, 0.4) is 0 Å². The van der Waals surface area contributed by atoms with Crippen molar-refractivity contribution in [2.45, 2.75) is 44.3 Å². The molecule has 0 aromatic rings. The van der Waals surface area contributed by atoms with Gasteiger partial charge in [0.1, 0.15) is 0 Å². The molecule has 14 heavy (non-hydrogen) atoms. The number of nitrogens with zero attached hydrogens (tertiary/aromatic N) is 1. The summed E-state index contributed by atoms with van der Waals surface area (Å²) in [5, 5.41) is 1.02. The third-order valence-corrected chi connectivity index (χ3v) is 3.24. The van der Waals surface area contributed by atoms with Gasteiger partial charge in [-0.05, 0) is 13.8 Å². The molecular formula is C10H19NO2S. The van der Waals surface area contributed by atoms with Gasteiger partial charge >= 0.3 is 6.09 Å². The summed E-state index contributed by atoms with van der Waals surface area (Å²) < 4.78 is 5.16. The van der Waals surface area contributed by atoms with Crippen LogP contribution >= 0.6 is 11.8 Å². The molecule has 1 aliphatic rings. The lowest BCUT2D eigenvalue weighted by Crippen LogP contribution is -2.44. The van der Waals surface area contributed by atoms with Gasteiger partial charge in [0.15, 0.2) is 0 Å². The van der Waals surface area contributed by atoms with Crippen LogP contribution in [0.15, 0.2) is 0 Å². The molecule has 0 radical (unpaired) electrons. The predicted octanol–water partition coefficient (Wildman–Crippen LogP) is 2.36. The highest BCUT2D eigenvalue weighted by molar-refractivity contribution is 8.00. The largest absolute Gasteiger partial charge is 0.447 e. The molecule has 4 heteroatoms.